The first kappa shape index (κ1) is 20.7. The van der Waals surface area contributed by atoms with Crippen LogP contribution in [0.4, 0.5) is 13.2 Å². The zero-order chi connectivity index (χ0) is 20.5. The zero-order valence-electron chi connectivity index (χ0n) is 14.2. The van der Waals surface area contributed by atoms with E-state index in [-0.39, 0.29) is 16.9 Å². The molecule has 2 amide bonds. The molecule has 0 atom stereocenters. The van der Waals surface area contributed by atoms with Crippen molar-refractivity contribution in [3.05, 3.63) is 71.6 Å². The predicted octanol–water partition coefficient (Wildman–Crippen LogP) is 2.94. The minimum atomic E-state index is -3.00. The molecule has 28 heavy (non-hydrogen) atoms. The molecular formula is C19H14F3NO5. The topological polar surface area (TPSA) is 81.7 Å². The van der Waals surface area contributed by atoms with Crippen LogP contribution in [0.2, 0.25) is 0 Å². The number of imide groups is 1. The first-order valence-corrected chi connectivity index (χ1v) is 7.83. The van der Waals surface area contributed by atoms with Gasteiger partial charge < -0.3 is 9.47 Å². The Labute approximate surface area is 157 Å². The molecule has 0 saturated carbocycles. The molecule has 0 aliphatic carbocycles. The monoisotopic (exact) mass is 393 g/mol. The molecule has 0 aliphatic rings. The van der Waals surface area contributed by atoms with E-state index in [1.54, 1.807) is 6.07 Å². The van der Waals surface area contributed by atoms with Crippen LogP contribution < -0.4 is 10.1 Å². The van der Waals surface area contributed by atoms with Gasteiger partial charge in [-0.2, -0.15) is 8.78 Å². The molecule has 2 aromatic carbocycles. The SMILES string of the molecule is O=C(COC(=O)/C=C/c1ccccc1F)NC(=O)c1ccc(OC(F)F)cc1. The number of hydrogen-bond acceptors (Lipinski definition) is 5. The summed E-state index contributed by atoms with van der Waals surface area (Å²) in [6.45, 7) is -3.73. The lowest BCUT2D eigenvalue weighted by atomic mass is 10.2. The molecular weight excluding hydrogens is 379 g/mol. The van der Waals surface area contributed by atoms with Gasteiger partial charge in [0, 0.05) is 17.2 Å². The van der Waals surface area contributed by atoms with Crippen LogP contribution in [0.3, 0.4) is 0 Å². The summed E-state index contributed by atoms with van der Waals surface area (Å²) in [4.78, 5) is 35.1. The Balaban J connectivity index is 1.80. The number of alkyl halides is 2. The largest absolute Gasteiger partial charge is 0.452 e. The number of carbonyl (C=O) groups excluding carboxylic acids is 3. The summed E-state index contributed by atoms with van der Waals surface area (Å²) in [7, 11) is 0. The molecule has 1 N–H and O–H groups in total. The van der Waals surface area contributed by atoms with Crippen molar-refractivity contribution < 1.29 is 37.0 Å². The predicted molar refractivity (Wildman–Crippen MR) is 91.9 cm³/mol. The summed E-state index contributed by atoms with van der Waals surface area (Å²) in [5.41, 5.74) is 0.180. The fraction of sp³-hybridized carbons (Fsp3) is 0.105. The number of amides is 2. The molecule has 0 unspecified atom stereocenters. The second-order valence-corrected chi connectivity index (χ2v) is 5.24. The second-order valence-electron chi connectivity index (χ2n) is 5.24. The lowest BCUT2D eigenvalue weighted by Gasteiger charge is -2.06. The fourth-order valence-electron chi connectivity index (χ4n) is 1.98. The lowest BCUT2D eigenvalue weighted by molar-refractivity contribution is -0.143. The Kier molecular flexibility index (Phi) is 7.32. The summed E-state index contributed by atoms with van der Waals surface area (Å²) >= 11 is 0. The number of esters is 1. The Morgan fingerprint density at radius 2 is 1.71 bits per heavy atom. The minimum absolute atomic E-state index is 0.0146. The minimum Gasteiger partial charge on any atom is -0.452 e. The van der Waals surface area contributed by atoms with Crippen molar-refractivity contribution >= 4 is 23.9 Å². The maximum absolute atomic E-state index is 13.4. The van der Waals surface area contributed by atoms with Gasteiger partial charge in [-0.05, 0) is 36.4 Å². The molecule has 0 aromatic heterocycles. The van der Waals surface area contributed by atoms with Crippen LogP contribution in [-0.4, -0.2) is 31.0 Å². The van der Waals surface area contributed by atoms with E-state index in [0.717, 1.165) is 18.2 Å². The van der Waals surface area contributed by atoms with E-state index in [1.165, 1.54) is 36.4 Å². The fourth-order valence-corrected chi connectivity index (χ4v) is 1.98. The van der Waals surface area contributed by atoms with Gasteiger partial charge in [0.1, 0.15) is 11.6 Å². The van der Waals surface area contributed by atoms with E-state index in [1.807, 2.05) is 5.32 Å². The van der Waals surface area contributed by atoms with E-state index >= 15 is 0 Å². The molecule has 9 heteroatoms. The average Bonchev–Trinajstić information content (AvgIpc) is 2.65. The second kappa shape index (κ2) is 9.91. The molecule has 0 heterocycles. The van der Waals surface area contributed by atoms with E-state index < -0.39 is 36.8 Å². The molecule has 6 nitrogen and oxygen atoms in total. The molecule has 0 radical (unpaired) electrons. The van der Waals surface area contributed by atoms with Crippen molar-refractivity contribution in [1.29, 1.82) is 0 Å². The van der Waals surface area contributed by atoms with Crippen LogP contribution in [0.1, 0.15) is 15.9 Å². The molecule has 2 rings (SSSR count). The third kappa shape index (κ3) is 6.60. The van der Waals surface area contributed by atoms with Crippen LogP contribution in [0.15, 0.2) is 54.6 Å². The van der Waals surface area contributed by atoms with Crippen LogP contribution >= 0.6 is 0 Å². The highest BCUT2D eigenvalue weighted by atomic mass is 19.3. The van der Waals surface area contributed by atoms with Crippen molar-refractivity contribution in [2.45, 2.75) is 6.61 Å². The van der Waals surface area contributed by atoms with Crippen molar-refractivity contribution in [3.8, 4) is 5.75 Å². The van der Waals surface area contributed by atoms with Gasteiger partial charge in [0.25, 0.3) is 11.8 Å². The third-order valence-corrected chi connectivity index (χ3v) is 3.24. The smallest absolute Gasteiger partial charge is 0.387 e. The van der Waals surface area contributed by atoms with Crippen molar-refractivity contribution in [1.82, 2.24) is 5.32 Å². The maximum Gasteiger partial charge on any atom is 0.387 e. The number of halogens is 3. The van der Waals surface area contributed by atoms with Gasteiger partial charge in [-0.1, -0.05) is 18.2 Å². The molecule has 2 aromatic rings. The first-order valence-electron chi connectivity index (χ1n) is 7.83. The number of hydrogen-bond donors (Lipinski definition) is 1. The quantitative estimate of drug-likeness (QED) is 0.578. The Morgan fingerprint density at radius 1 is 1.04 bits per heavy atom. The first-order chi connectivity index (χ1) is 13.3. The van der Waals surface area contributed by atoms with Crippen molar-refractivity contribution in [3.63, 3.8) is 0 Å². The Morgan fingerprint density at radius 3 is 2.36 bits per heavy atom. The van der Waals surface area contributed by atoms with E-state index in [4.69, 9.17) is 0 Å². The highest BCUT2D eigenvalue weighted by Gasteiger charge is 2.13. The third-order valence-electron chi connectivity index (χ3n) is 3.24. The lowest BCUT2D eigenvalue weighted by Crippen LogP contribution is -2.34. The molecule has 0 aliphatic heterocycles. The number of ether oxygens (including phenoxy) is 2. The van der Waals surface area contributed by atoms with E-state index in [9.17, 15) is 27.6 Å². The standard InChI is InChI=1S/C19H14F3NO5/c20-15-4-2-1-3-12(15)7-10-17(25)27-11-16(24)23-18(26)13-5-8-14(9-6-13)28-19(21)22/h1-10,19H,11H2,(H,23,24,26)/b10-7+. The summed E-state index contributed by atoms with van der Waals surface area (Å²) in [6, 6.07) is 10.4. The Bertz CT molecular complexity index is 881. The van der Waals surface area contributed by atoms with Gasteiger partial charge in [-0.25, -0.2) is 9.18 Å². The highest BCUT2D eigenvalue weighted by molar-refractivity contribution is 6.05. The molecule has 0 saturated heterocycles. The van der Waals surface area contributed by atoms with Crippen molar-refractivity contribution in [2.24, 2.45) is 0 Å². The summed E-state index contributed by atoms with van der Waals surface area (Å²) in [6.07, 6.45) is 2.12. The average molecular weight is 393 g/mol. The van der Waals surface area contributed by atoms with E-state index in [2.05, 4.69) is 9.47 Å². The summed E-state index contributed by atoms with van der Waals surface area (Å²) in [5.74, 6) is -3.29. The van der Waals surface area contributed by atoms with Gasteiger partial charge in [0.05, 0.1) is 0 Å². The van der Waals surface area contributed by atoms with Crippen LogP contribution in [0.25, 0.3) is 6.08 Å². The summed E-state index contributed by atoms with van der Waals surface area (Å²) < 4.78 is 46.3. The zero-order valence-corrected chi connectivity index (χ0v) is 14.2. The van der Waals surface area contributed by atoms with Gasteiger partial charge in [-0.15, -0.1) is 0 Å². The van der Waals surface area contributed by atoms with Gasteiger partial charge in [-0.3, -0.25) is 14.9 Å². The van der Waals surface area contributed by atoms with E-state index in [0.29, 0.717) is 0 Å². The highest BCUT2D eigenvalue weighted by Crippen LogP contribution is 2.14. The maximum atomic E-state index is 13.4. The molecule has 0 bridgehead atoms. The van der Waals surface area contributed by atoms with Gasteiger partial charge in [0.15, 0.2) is 6.61 Å². The Hall–Kier alpha value is -3.62. The number of nitrogens with one attached hydrogen (secondary N) is 1. The van der Waals surface area contributed by atoms with Crippen LogP contribution in [0, 0.1) is 5.82 Å². The number of carbonyl (C=O) groups is 3. The molecule has 146 valence electrons. The van der Waals surface area contributed by atoms with Crippen LogP contribution in [-0.2, 0) is 14.3 Å². The summed E-state index contributed by atoms with van der Waals surface area (Å²) in [5, 5.41) is 1.97. The van der Waals surface area contributed by atoms with Crippen LogP contribution in [0.5, 0.6) is 5.75 Å². The molecule has 0 spiro atoms. The van der Waals surface area contributed by atoms with Gasteiger partial charge in [0.2, 0.25) is 0 Å². The number of rotatable bonds is 7. The normalized spacial score (nSPS) is 10.7. The van der Waals surface area contributed by atoms with Crippen molar-refractivity contribution in [2.75, 3.05) is 6.61 Å². The van der Waals surface area contributed by atoms with Gasteiger partial charge >= 0.3 is 12.6 Å². The number of benzene rings is 2. The molecule has 0 fully saturated rings.